The van der Waals surface area contributed by atoms with Gasteiger partial charge in [0.25, 0.3) is 0 Å². The van der Waals surface area contributed by atoms with Gasteiger partial charge in [-0.05, 0) is 12.1 Å². The molecule has 1 atom stereocenters. The highest BCUT2D eigenvalue weighted by Gasteiger charge is 2.07. The summed E-state index contributed by atoms with van der Waals surface area (Å²) in [5.74, 6) is 0. The molecule has 0 spiro atoms. The van der Waals surface area contributed by atoms with E-state index >= 15 is 0 Å². The molecule has 0 amide bonds. The van der Waals surface area contributed by atoms with Gasteiger partial charge in [-0.3, -0.25) is 0 Å². The lowest BCUT2D eigenvalue weighted by Crippen LogP contribution is -1.98. The maximum atomic E-state index is 9.09. The van der Waals surface area contributed by atoms with Crippen LogP contribution in [0, 0.1) is 11.3 Å². The van der Waals surface area contributed by atoms with E-state index in [2.05, 4.69) is 0 Å². The average Bonchev–Trinajstić information content (AvgIpc) is 2.50. The van der Waals surface area contributed by atoms with Crippen molar-refractivity contribution in [2.75, 3.05) is 6.61 Å². The van der Waals surface area contributed by atoms with E-state index in [0.717, 1.165) is 0 Å². The fraction of sp³-hybridized carbons (Fsp3) is 0.286. The maximum absolute atomic E-state index is 9.09. The normalized spacial score (nSPS) is 12.5. The third-order valence-electron chi connectivity index (χ3n) is 1.24. The fourth-order valence-electron chi connectivity index (χ4n) is 0.682. The quantitative estimate of drug-likeness (QED) is 0.683. The first-order valence-corrected chi connectivity index (χ1v) is 3.88. The standard InChI is InChI=1S/C7H7NO2S/c8-3-5-1-2-7(11-5)6(10)4-9/h1-2,6,9-10H,4H2. The first-order valence-electron chi connectivity index (χ1n) is 3.06. The van der Waals surface area contributed by atoms with Gasteiger partial charge in [-0.1, -0.05) is 0 Å². The van der Waals surface area contributed by atoms with Crippen molar-refractivity contribution in [2.45, 2.75) is 6.10 Å². The number of aliphatic hydroxyl groups excluding tert-OH is 2. The molecule has 0 aromatic carbocycles. The molecule has 1 rings (SSSR count). The predicted molar refractivity (Wildman–Crippen MR) is 41.1 cm³/mol. The van der Waals surface area contributed by atoms with Crippen molar-refractivity contribution in [3.8, 4) is 6.07 Å². The molecule has 0 saturated carbocycles. The van der Waals surface area contributed by atoms with E-state index in [4.69, 9.17) is 15.5 Å². The van der Waals surface area contributed by atoms with Crippen LogP contribution in [-0.4, -0.2) is 16.8 Å². The largest absolute Gasteiger partial charge is 0.393 e. The Bertz CT molecular complexity index is 276. The summed E-state index contributed by atoms with van der Waals surface area (Å²) < 4.78 is 0. The van der Waals surface area contributed by atoms with Crippen LogP contribution in [0.5, 0.6) is 0 Å². The van der Waals surface area contributed by atoms with Crippen LogP contribution in [0.25, 0.3) is 0 Å². The van der Waals surface area contributed by atoms with Gasteiger partial charge in [0.15, 0.2) is 0 Å². The number of nitriles is 1. The molecule has 3 nitrogen and oxygen atoms in total. The fourth-order valence-corrected chi connectivity index (χ4v) is 1.46. The second-order valence-electron chi connectivity index (χ2n) is 2.01. The molecule has 0 aliphatic carbocycles. The molecule has 0 aliphatic rings. The van der Waals surface area contributed by atoms with E-state index in [-0.39, 0.29) is 6.61 Å². The molecule has 4 heteroatoms. The minimum atomic E-state index is -0.845. The molecule has 0 radical (unpaired) electrons. The van der Waals surface area contributed by atoms with E-state index in [1.54, 1.807) is 12.1 Å². The summed E-state index contributed by atoms with van der Waals surface area (Å²) >= 11 is 1.19. The SMILES string of the molecule is N#Cc1ccc(C(O)CO)s1. The van der Waals surface area contributed by atoms with Crippen LogP contribution >= 0.6 is 11.3 Å². The molecular weight excluding hydrogens is 162 g/mol. The van der Waals surface area contributed by atoms with Crippen LogP contribution in [0.2, 0.25) is 0 Å². The van der Waals surface area contributed by atoms with Crippen LogP contribution in [0.1, 0.15) is 15.9 Å². The van der Waals surface area contributed by atoms with Crippen molar-refractivity contribution in [2.24, 2.45) is 0 Å². The monoisotopic (exact) mass is 169 g/mol. The van der Waals surface area contributed by atoms with Crippen molar-refractivity contribution in [1.29, 1.82) is 5.26 Å². The molecule has 2 N–H and O–H groups in total. The summed E-state index contributed by atoms with van der Waals surface area (Å²) in [5, 5.41) is 26.1. The molecule has 58 valence electrons. The van der Waals surface area contributed by atoms with Gasteiger partial charge in [-0.25, -0.2) is 0 Å². The van der Waals surface area contributed by atoms with E-state index < -0.39 is 6.10 Å². The summed E-state index contributed by atoms with van der Waals surface area (Å²) in [6, 6.07) is 5.22. The molecule has 1 heterocycles. The van der Waals surface area contributed by atoms with Crippen LogP contribution < -0.4 is 0 Å². The maximum Gasteiger partial charge on any atom is 0.111 e. The highest BCUT2D eigenvalue weighted by Crippen LogP contribution is 2.21. The van der Waals surface area contributed by atoms with Crippen LogP contribution in [0.15, 0.2) is 12.1 Å². The Kier molecular flexibility index (Phi) is 2.60. The zero-order valence-corrected chi connectivity index (χ0v) is 6.51. The smallest absolute Gasteiger partial charge is 0.111 e. The minimum absolute atomic E-state index is 0.300. The molecule has 0 saturated heterocycles. The Morgan fingerprint density at radius 3 is 2.82 bits per heavy atom. The van der Waals surface area contributed by atoms with E-state index in [9.17, 15) is 0 Å². The third kappa shape index (κ3) is 1.77. The Morgan fingerprint density at radius 2 is 2.36 bits per heavy atom. The zero-order valence-electron chi connectivity index (χ0n) is 5.69. The Morgan fingerprint density at radius 1 is 1.64 bits per heavy atom. The summed E-state index contributed by atoms with van der Waals surface area (Å²) in [7, 11) is 0. The summed E-state index contributed by atoms with van der Waals surface area (Å²) in [6.07, 6.45) is -0.845. The average molecular weight is 169 g/mol. The van der Waals surface area contributed by atoms with Crippen LogP contribution in [0.3, 0.4) is 0 Å². The Hall–Kier alpha value is -0.890. The lowest BCUT2D eigenvalue weighted by Gasteiger charge is -2.00. The summed E-state index contributed by atoms with van der Waals surface area (Å²) in [4.78, 5) is 1.18. The minimum Gasteiger partial charge on any atom is -0.393 e. The molecule has 0 fully saturated rings. The molecule has 11 heavy (non-hydrogen) atoms. The molecule has 1 unspecified atom stereocenters. The third-order valence-corrected chi connectivity index (χ3v) is 2.33. The number of hydrogen-bond acceptors (Lipinski definition) is 4. The highest BCUT2D eigenvalue weighted by atomic mass is 32.1. The van der Waals surface area contributed by atoms with Gasteiger partial charge in [0.2, 0.25) is 0 Å². The first kappa shape index (κ1) is 8.21. The molecule has 0 aliphatic heterocycles. The van der Waals surface area contributed by atoms with Crippen molar-refractivity contribution in [3.63, 3.8) is 0 Å². The van der Waals surface area contributed by atoms with Gasteiger partial charge < -0.3 is 10.2 Å². The molecule has 1 aromatic heterocycles. The second-order valence-corrected chi connectivity index (χ2v) is 3.13. The second kappa shape index (κ2) is 3.49. The predicted octanol–water partition coefficient (Wildman–Crippen LogP) is 0.645. The summed E-state index contributed by atoms with van der Waals surface area (Å²) in [5.41, 5.74) is 0. The number of rotatable bonds is 2. The van der Waals surface area contributed by atoms with Crippen molar-refractivity contribution < 1.29 is 10.2 Å². The van der Waals surface area contributed by atoms with Gasteiger partial charge in [0, 0.05) is 4.88 Å². The molecule has 0 bridgehead atoms. The Labute approximate surface area is 68.1 Å². The number of nitrogens with zero attached hydrogens (tertiary/aromatic N) is 1. The van der Waals surface area contributed by atoms with E-state index in [0.29, 0.717) is 9.75 Å². The summed E-state index contributed by atoms with van der Waals surface area (Å²) in [6.45, 7) is -0.300. The van der Waals surface area contributed by atoms with Crippen molar-refractivity contribution in [1.82, 2.24) is 0 Å². The van der Waals surface area contributed by atoms with Gasteiger partial charge in [0.1, 0.15) is 17.1 Å². The number of thiophene rings is 1. The van der Waals surface area contributed by atoms with E-state index in [1.807, 2.05) is 6.07 Å². The van der Waals surface area contributed by atoms with Crippen LogP contribution in [0.4, 0.5) is 0 Å². The van der Waals surface area contributed by atoms with Gasteiger partial charge in [-0.15, -0.1) is 11.3 Å². The van der Waals surface area contributed by atoms with Gasteiger partial charge >= 0.3 is 0 Å². The zero-order chi connectivity index (χ0) is 8.27. The van der Waals surface area contributed by atoms with Gasteiger partial charge in [-0.2, -0.15) is 5.26 Å². The first-order chi connectivity index (χ1) is 5.27. The number of aliphatic hydroxyl groups is 2. The highest BCUT2D eigenvalue weighted by molar-refractivity contribution is 7.12. The lowest BCUT2D eigenvalue weighted by molar-refractivity contribution is 0.0984. The van der Waals surface area contributed by atoms with Crippen LogP contribution in [-0.2, 0) is 0 Å². The molecular formula is C7H7NO2S. The van der Waals surface area contributed by atoms with Crippen molar-refractivity contribution >= 4 is 11.3 Å². The topological polar surface area (TPSA) is 64.2 Å². The molecule has 1 aromatic rings. The van der Waals surface area contributed by atoms with Crippen molar-refractivity contribution in [3.05, 3.63) is 21.9 Å². The van der Waals surface area contributed by atoms with E-state index in [1.165, 1.54) is 11.3 Å². The number of hydrogen-bond donors (Lipinski definition) is 2. The van der Waals surface area contributed by atoms with Gasteiger partial charge in [0.05, 0.1) is 6.61 Å². The lowest BCUT2D eigenvalue weighted by atomic mass is 10.3. The Balaban J connectivity index is 2.82.